The van der Waals surface area contributed by atoms with Crippen molar-refractivity contribution in [1.82, 2.24) is 9.88 Å². The lowest BCUT2D eigenvalue weighted by Crippen LogP contribution is -2.31. The van der Waals surface area contributed by atoms with Gasteiger partial charge in [0.2, 0.25) is 0 Å². The van der Waals surface area contributed by atoms with Crippen molar-refractivity contribution < 1.29 is 9.90 Å². The van der Waals surface area contributed by atoms with Crippen molar-refractivity contribution in [3.05, 3.63) is 34.2 Å². The van der Waals surface area contributed by atoms with Crippen LogP contribution in [-0.4, -0.2) is 28.2 Å². The minimum atomic E-state index is -0.445. The number of pyridine rings is 1. The van der Waals surface area contributed by atoms with Gasteiger partial charge in [-0.1, -0.05) is 6.07 Å². The second-order valence-corrected chi connectivity index (χ2v) is 3.70. The smallest absolute Gasteiger partial charge is 0.268 e. The van der Waals surface area contributed by atoms with Gasteiger partial charge in [-0.3, -0.25) is 9.59 Å². The van der Waals surface area contributed by atoms with Gasteiger partial charge in [-0.15, -0.1) is 0 Å². The van der Waals surface area contributed by atoms with Crippen molar-refractivity contribution >= 4 is 5.91 Å². The van der Waals surface area contributed by atoms with E-state index in [1.54, 1.807) is 26.1 Å². The summed E-state index contributed by atoms with van der Waals surface area (Å²) < 4.78 is 1.29. The lowest BCUT2D eigenvalue weighted by Gasteiger charge is -2.09. The largest absolute Gasteiger partial charge is 0.393 e. The van der Waals surface area contributed by atoms with Crippen LogP contribution in [0.15, 0.2) is 23.0 Å². The summed E-state index contributed by atoms with van der Waals surface area (Å²) in [6.07, 6.45) is 0.0480. The van der Waals surface area contributed by atoms with Crippen LogP contribution >= 0.6 is 0 Å². The van der Waals surface area contributed by atoms with Gasteiger partial charge in [0.15, 0.2) is 0 Å². The molecule has 88 valence electrons. The number of aliphatic hydroxyl groups excluding tert-OH is 1. The monoisotopic (exact) mass is 224 g/mol. The first-order chi connectivity index (χ1) is 7.52. The van der Waals surface area contributed by atoms with Crippen LogP contribution in [0.3, 0.4) is 0 Å². The Morgan fingerprint density at radius 2 is 2.25 bits per heavy atom. The highest BCUT2D eigenvalue weighted by atomic mass is 16.3. The lowest BCUT2D eigenvalue weighted by molar-refractivity contribution is 0.0936. The third kappa shape index (κ3) is 3.20. The topological polar surface area (TPSA) is 71.3 Å². The number of carbonyl (C=O) groups excluding carboxylic acids is 1. The fourth-order valence-electron chi connectivity index (χ4n) is 1.28. The van der Waals surface area contributed by atoms with Crippen LogP contribution in [0, 0.1) is 0 Å². The normalized spacial score (nSPS) is 12.2. The Bertz CT molecular complexity index is 423. The summed E-state index contributed by atoms with van der Waals surface area (Å²) >= 11 is 0. The van der Waals surface area contributed by atoms with Crippen molar-refractivity contribution in [3.8, 4) is 0 Å². The number of nitrogens with one attached hydrogen (secondary N) is 1. The molecule has 0 aliphatic rings. The molecule has 1 heterocycles. The van der Waals surface area contributed by atoms with E-state index >= 15 is 0 Å². The van der Waals surface area contributed by atoms with Crippen molar-refractivity contribution in [2.75, 3.05) is 6.54 Å². The van der Waals surface area contributed by atoms with Crippen molar-refractivity contribution in [2.45, 2.75) is 19.4 Å². The zero-order valence-electron chi connectivity index (χ0n) is 9.43. The van der Waals surface area contributed by atoms with E-state index in [1.807, 2.05) is 0 Å². The Balaban J connectivity index is 2.67. The van der Waals surface area contributed by atoms with Crippen LogP contribution < -0.4 is 10.9 Å². The minimum Gasteiger partial charge on any atom is -0.393 e. The predicted octanol–water partition coefficient (Wildman–Crippen LogP) is -0.114. The van der Waals surface area contributed by atoms with Crippen molar-refractivity contribution in [2.24, 2.45) is 7.05 Å². The third-order valence-corrected chi connectivity index (χ3v) is 2.27. The van der Waals surface area contributed by atoms with E-state index < -0.39 is 6.10 Å². The highest BCUT2D eigenvalue weighted by Gasteiger charge is 2.08. The number of hydrogen-bond acceptors (Lipinski definition) is 3. The van der Waals surface area contributed by atoms with Crippen LogP contribution in [0.4, 0.5) is 0 Å². The molecule has 5 heteroatoms. The van der Waals surface area contributed by atoms with Gasteiger partial charge < -0.3 is 15.0 Å². The van der Waals surface area contributed by atoms with Gasteiger partial charge in [0.05, 0.1) is 6.10 Å². The Morgan fingerprint density at radius 3 is 2.88 bits per heavy atom. The summed E-state index contributed by atoms with van der Waals surface area (Å²) in [6, 6.07) is 4.53. The molecule has 2 N–H and O–H groups in total. The molecular weight excluding hydrogens is 208 g/mol. The molecule has 1 aromatic rings. The maximum atomic E-state index is 11.6. The van der Waals surface area contributed by atoms with Gasteiger partial charge in [0, 0.05) is 19.7 Å². The maximum Gasteiger partial charge on any atom is 0.268 e. The predicted molar refractivity (Wildman–Crippen MR) is 60.3 cm³/mol. The quantitative estimate of drug-likeness (QED) is 0.749. The lowest BCUT2D eigenvalue weighted by atomic mass is 10.2. The Labute approximate surface area is 93.7 Å². The van der Waals surface area contributed by atoms with E-state index in [4.69, 9.17) is 5.11 Å². The molecule has 0 aliphatic carbocycles. The van der Waals surface area contributed by atoms with Gasteiger partial charge in [0.25, 0.3) is 11.5 Å². The zero-order valence-corrected chi connectivity index (χ0v) is 9.43. The number of aromatic nitrogens is 1. The first-order valence-electron chi connectivity index (χ1n) is 5.14. The highest BCUT2D eigenvalue weighted by molar-refractivity contribution is 5.92. The Morgan fingerprint density at radius 1 is 1.56 bits per heavy atom. The van der Waals surface area contributed by atoms with Gasteiger partial charge in [-0.05, 0) is 19.4 Å². The highest BCUT2D eigenvalue weighted by Crippen LogP contribution is 1.94. The average molecular weight is 224 g/mol. The van der Waals surface area contributed by atoms with Crippen LogP contribution in [0.25, 0.3) is 0 Å². The summed E-state index contributed by atoms with van der Waals surface area (Å²) in [5.41, 5.74) is 0.0984. The molecule has 0 aromatic carbocycles. The molecule has 1 amide bonds. The molecule has 0 aliphatic heterocycles. The molecule has 0 fully saturated rings. The third-order valence-electron chi connectivity index (χ3n) is 2.27. The molecule has 0 radical (unpaired) electrons. The molecule has 0 bridgehead atoms. The SMILES string of the molecule is CC(O)CCNC(=O)c1cccc(=O)n1C. The van der Waals surface area contributed by atoms with Gasteiger partial charge >= 0.3 is 0 Å². The second kappa shape index (κ2) is 5.46. The maximum absolute atomic E-state index is 11.6. The molecular formula is C11H16N2O3. The molecule has 0 spiro atoms. The van der Waals surface area contributed by atoms with Crippen molar-refractivity contribution in [1.29, 1.82) is 0 Å². The number of hydrogen-bond donors (Lipinski definition) is 2. The van der Waals surface area contributed by atoms with Crippen LogP contribution in [-0.2, 0) is 7.05 Å². The van der Waals surface area contributed by atoms with E-state index in [0.29, 0.717) is 18.7 Å². The number of amides is 1. The fraction of sp³-hybridized carbons (Fsp3) is 0.455. The summed E-state index contributed by atoms with van der Waals surface area (Å²) in [5.74, 6) is -0.305. The van der Waals surface area contributed by atoms with Crippen LogP contribution in [0.2, 0.25) is 0 Å². The number of rotatable bonds is 4. The molecule has 1 atom stereocenters. The van der Waals surface area contributed by atoms with E-state index in [9.17, 15) is 9.59 Å². The number of nitrogens with zero attached hydrogens (tertiary/aromatic N) is 1. The first kappa shape index (κ1) is 12.4. The fourth-order valence-corrected chi connectivity index (χ4v) is 1.28. The summed E-state index contributed by atoms with van der Waals surface area (Å²) in [4.78, 5) is 22.9. The summed E-state index contributed by atoms with van der Waals surface area (Å²) in [6.45, 7) is 2.05. The Kier molecular flexibility index (Phi) is 4.25. The Hall–Kier alpha value is -1.62. The van der Waals surface area contributed by atoms with E-state index in [1.165, 1.54) is 10.6 Å². The van der Waals surface area contributed by atoms with Gasteiger partial charge in [0.1, 0.15) is 5.69 Å². The molecule has 0 saturated carbocycles. The zero-order chi connectivity index (χ0) is 12.1. The van der Waals surface area contributed by atoms with E-state index in [-0.39, 0.29) is 11.5 Å². The average Bonchev–Trinajstić information content (AvgIpc) is 2.21. The van der Waals surface area contributed by atoms with Crippen LogP contribution in [0.1, 0.15) is 23.8 Å². The minimum absolute atomic E-state index is 0.219. The second-order valence-electron chi connectivity index (χ2n) is 3.70. The first-order valence-corrected chi connectivity index (χ1v) is 5.14. The number of aliphatic hydroxyl groups is 1. The van der Waals surface area contributed by atoms with Gasteiger partial charge in [-0.25, -0.2) is 0 Å². The van der Waals surface area contributed by atoms with Crippen molar-refractivity contribution in [3.63, 3.8) is 0 Å². The van der Waals surface area contributed by atoms with E-state index in [2.05, 4.69) is 5.32 Å². The molecule has 16 heavy (non-hydrogen) atoms. The van der Waals surface area contributed by atoms with Gasteiger partial charge in [-0.2, -0.15) is 0 Å². The summed E-state index contributed by atoms with van der Waals surface area (Å²) in [5, 5.41) is 11.7. The molecule has 0 saturated heterocycles. The standard InChI is InChI=1S/C11H16N2O3/c1-8(14)6-7-12-11(16)9-4-3-5-10(15)13(9)2/h3-5,8,14H,6-7H2,1-2H3,(H,12,16). The molecule has 1 unspecified atom stereocenters. The van der Waals surface area contributed by atoms with Crippen LogP contribution in [0.5, 0.6) is 0 Å². The molecule has 1 rings (SSSR count). The molecule has 5 nitrogen and oxygen atoms in total. The summed E-state index contributed by atoms with van der Waals surface area (Å²) in [7, 11) is 1.55. The van der Waals surface area contributed by atoms with E-state index in [0.717, 1.165) is 0 Å². The number of carbonyl (C=O) groups is 1. The molecule has 1 aromatic heterocycles.